The van der Waals surface area contributed by atoms with Crippen molar-refractivity contribution in [3.8, 4) is 11.5 Å². The summed E-state index contributed by atoms with van der Waals surface area (Å²) in [7, 11) is 1.63. The van der Waals surface area contributed by atoms with Crippen molar-refractivity contribution in [1.29, 1.82) is 0 Å². The molecule has 4 heteroatoms. The first-order chi connectivity index (χ1) is 10.7. The Balaban J connectivity index is 1.83. The Labute approximate surface area is 130 Å². The fourth-order valence-corrected chi connectivity index (χ4v) is 2.64. The van der Waals surface area contributed by atoms with E-state index in [1.807, 2.05) is 54.3 Å². The van der Waals surface area contributed by atoms with E-state index >= 15 is 0 Å². The lowest BCUT2D eigenvalue weighted by Gasteiger charge is -2.30. The van der Waals surface area contributed by atoms with Gasteiger partial charge in [-0.05, 0) is 42.3 Å². The average molecular weight is 297 g/mol. The Morgan fingerprint density at radius 2 is 2.14 bits per heavy atom. The molecule has 0 fully saturated rings. The lowest BCUT2D eigenvalue weighted by atomic mass is 10.1. The summed E-state index contributed by atoms with van der Waals surface area (Å²) in [5.41, 5.74) is 2.92. The van der Waals surface area contributed by atoms with Crippen LogP contribution in [0.4, 0.5) is 5.69 Å². The third kappa shape index (κ3) is 2.91. The minimum Gasteiger partial charge on any atom is -0.497 e. The predicted molar refractivity (Wildman–Crippen MR) is 85.7 cm³/mol. The van der Waals surface area contributed by atoms with E-state index in [1.54, 1.807) is 7.11 Å². The van der Waals surface area contributed by atoms with Crippen molar-refractivity contribution >= 4 is 11.6 Å². The van der Waals surface area contributed by atoms with Crippen LogP contribution in [0.5, 0.6) is 11.5 Å². The van der Waals surface area contributed by atoms with Crippen molar-refractivity contribution in [2.75, 3.05) is 25.2 Å². The second-order valence-corrected chi connectivity index (χ2v) is 5.39. The van der Waals surface area contributed by atoms with Crippen LogP contribution in [0.25, 0.3) is 0 Å². The Morgan fingerprint density at radius 3 is 2.95 bits per heavy atom. The van der Waals surface area contributed by atoms with E-state index in [1.165, 1.54) is 0 Å². The van der Waals surface area contributed by atoms with Crippen molar-refractivity contribution in [2.45, 2.75) is 13.3 Å². The molecular weight excluding hydrogens is 278 g/mol. The van der Waals surface area contributed by atoms with Gasteiger partial charge in [-0.25, -0.2) is 0 Å². The monoisotopic (exact) mass is 297 g/mol. The summed E-state index contributed by atoms with van der Waals surface area (Å²) >= 11 is 0. The smallest absolute Gasteiger partial charge is 0.231 e. The molecule has 1 heterocycles. The summed E-state index contributed by atoms with van der Waals surface area (Å²) in [5.74, 6) is 1.61. The largest absolute Gasteiger partial charge is 0.497 e. The maximum absolute atomic E-state index is 12.7. The van der Waals surface area contributed by atoms with Crippen LogP contribution >= 0.6 is 0 Å². The third-order valence-electron chi connectivity index (χ3n) is 3.77. The van der Waals surface area contributed by atoms with E-state index in [9.17, 15) is 4.79 Å². The number of nitrogens with zero attached hydrogens (tertiary/aromatic N) is 1. The highest BCUT2D eigenvalue weighted by Gasteiger charge is 2.23. The molecule has 0 saturated heterocycles. The van der Waals surface area contributed by atoms with Gasteiger partial charge < -0.3 is 14.4 Å². The second-order valence-electron chi connectivity index (χ2n) is 5.39. The first kappa shape index (κ1) is 14.4. The highest BCUT2D eigenvalue weighted by atomic mass is 16.5. The summed E-state index contributed by atoms with van der Waals surface area (Å²) in [4.78, 5) is 14.5. The van der Waals surface area contributed by atoms with Crippen LogP contribution in [0.15, 0.2) is 42.5 Å². The molecule has 3 rings (SSSR count). The van der Waals surface area contributed by atoms with E-state index in [0.717, 1.165) is 28.3 Å². The molecule has 0 aliphatic carbocycles. The molecule has 22 heavy (non-hydrogen) atoms. The molecule has 0 radical (unpaired) electrons. The zero-order valence-electron chi connectivity index (χ0n) is 12.8. The zero-order chi connectivity index (χ0) is 15.5. The van der Waals surface area contributed by atoms with E-state index < -0.39 is 0 Å². The summed E-state index contributed by atoms with van der Waals surface area (Å²) < 4.78 is 10.8. The molecule has 1 aliphatic rings. The first-order valence-corrected chi connectivity index (χ1v) is 7.34. The maximum Gasteiger partial charge on any atom is 0.231 e. The van der Waals surface area contributed by atoms with Crippen LogP contribution in [-0.2, 0) is 11.2 Å². The molecule has 0 spiro atoms. The summed E-state index contributed by atoms with van der Waals surface area (Å²) in [6.07, 6.45) is 0.352. The molecule has 0 unspecified atom stereocenters. The van der Waals surface area contributed by atoms with E-state index in [2.05, 4.69) is 0 Å². The summed E-state index contributed by atoms with van der Waals surface area (Å²) in [6.45, 7) is 3.12. The van der Waals surface area contributed by atoms with E-state index in [4.69, 9.17) is 9.47 Å². The lowest BCUT2D eigenvalue weighted by Crippen LogP contribution is -2.38. The fourth-order valence-electron chi connectivity index (χ4n) is 2.64. The SMILES string of the molecule is COc1cccc(CC(=O)N2CCOc3ccc(C)cc32)c1. The van der Waals surface area contributed by atoms with Gasteiger partial charge in [-0.3, -0.25) is 4.79 Å². The lowest BCUT2D eigenvalue weighted by molar-refractivity contribution is -0.118. The molecule has 0 atom stereocenters. The molecule has 0 bridgehead atoms. The zero-order valence-corrected chi connectivity index (χ0v) is 12.8. The third-order valence-corrected chi connectivity index (χ3v) is 3.77. The molecular formula is C18H19NO3. The summed E-state index contributed by atoms with van der Waals surface area (Å²) in [6, 6.07) is 13.5. The van der Waals surface area contributed by atoms with Gasteiger partial charge in [-0.15, -0.1) is 0 Å². The number of aryl methyl sites for hydroxylation is 1. The van der Waals surface area contributed by atoms with Crippen LogP contribution in [0.1, 0.15) is 11.1 Å². The van der Waals surface area contributed by atoms with Crippen LogP contribution < -0.4 is 14.4 Å². The van der Waals surface area contributed by atoms with Gasteiger partial charge in [0.2, 0.25) is 5.91 Å². The highest BCUT2D eigenvalue weighted by molar-refractivity contribution is 5.96. The van der Waals surface area contributed by atoms with Crippen LogP contribution in [0.3, 0.4) is 0 Å². The number of rotatable bonds is 3. The molecule has 0 aromatic heterocycles. The molecule has 4 nitrogen and oxygen atoms in total. The van der Waals surface area contributed by atoms with Gasteiger partial charge in [0, 0.05) is 0 Å². The number of benzene rings is 2. The van der Waals surface area contributed by atoms with Crippen LogP contribution in [-0.4, -0.2) is 26.2 Å². The number of carbonyl (C=O) groups excluding carboxylic acids is 1. The molecule has 1 aliphatic heterocycles. The Hall–Kier alpha value is -2.49. The molecule has 1 amide bonds. The minimum atomic E-state index is 0.0726. The molecule has 0 N–H and O–H groups in total. The standard InChI is InChI=1S/C18H19NO3/c1-13-6-7-17-16(10-13)19(8-9-22-17)18(20)12-14-4-3-5-15(11-14)21-2/h3-7,10-11H,8-9,12H2,1-2H3. The molecule has 114 valence electrons. The van der Waals surface area contributed by atoms with Crippen molar-refractivity contribution < 1.29 is 14.3 Å². The predicted octanol–water partition coefficient (Wildman–Crippen LogP) is 2.97. The van der Waals surface area contributed by atoms with Gasteiger partial charge in [0.05, 0.1) is 25.8 Å². The number of methoxy groups -OCH3 is 1. The quantitative estimate of drug-likeness (QED) is 0.874. The number of hydrogen-bond acceptors (Lipinski definition) is 3. The van der Waals surface area contributed by atoms with Gasteiger partial charge >= 0.3 is 0 Å². The summed E-state index contributed by atoms with van der Waals surface area (Å²) in [5, 5.41) is 0. The van der Waals surface area contributed by atoms with Gasteiger partial charge in [0.15, 0.2) is 0 Å². The number of carbonyl (C=O) groups is 1. The molecule has 2 aromatic carbocycles. The van der Waals surface area contributed by atoms with Gasteiger partial charge in [-0.2, -0.15) is 0 Å². The van der Waals surface area contributed by atoms with Crippen molar-refractivity contribution in [1.82, 2.24) is 0 Å². The Kier molecular flexibility index (Phi) is 4.00. The van der Waals surface area contributed by atoms with Gasteiger partial charge in [0.25, 0.3) is 0 Å². The maximum atomic E-state index is 12.7. The Bertz CT molecular complexity index is 696. The fraction of sp³-hybridized carbons (Fsp3) is 0.278. The minimum absolute atomic E-state index is 0.0726. The topological polar surface area (TPSA) is 38.8 Å². The number of anilines is 1. The average Bonchev–Trinajstić information content (AvgIpc) is 2.54. The van der Waals surface area contributed by atoms with Gasteiger partial charge in [0.1, 0.15) is 18.1 Å². The van der Waals surface area contributed by atoms with Crippen molar-refractivity contribution in [2.24, 2.45) is 0 Å². The molecule has 0 saturated carbocycles. The van der Waals surface area contributed by atoms with E-state index in [0.29, 0.717) is 19.6 Å². The number of fused-ring (bicyclic) bond motifs is 1. The second kappa shape index (κ2) is 6.10. The number of ether oxygens (including phenoxy) is 2. The van der Waals surface area contributed by atoms with Crippen molar-refractivity contribution in [3.05, 3.63) is 53.6 Å². The van der Waals surface area contributed by atoms with Crippen LogP contribution in [0, 0.1) is 6.92 Å². The van der Waals surface area contributed by atoms with E-state index in [-0.39, 0.29) is 5.91 Å². The van der Waals surface area contributed by atoms with Crippen LogP contribution in [0.2, 0.25) is 0 Å². The first-order valence-electron chi connectivity index (χ1n) is 7.34. The highest BCUT2D eigenvalue weighted by Crippen LogP contribution is 2.32. The normalized spacial score (nSPS) is 13.3. The molecule has 2 aromatic rings. The number of amides is 1. The van der Waals surface area contributed by atoms with Gasteiger partial charge in [-0.1, -0.05) is 18.2 Å². The Morgan fingerprint density at radius 1 is 1.27 bits per heavy atom. The van der Waals surface area contributed by atoms with Crippen molar-refractivity contribution in [3.63, 3.8) is 0 Å². The number of hydrogen-bond donors (Lipinski definition) is 0.